The molecule has 0 radical (unpaired) electrons. The largest absolute Gasteiger partial charge is 0.463 e. The summed E-state index contributed by atoms with van der Waals surface area (Å²) in [6.07, 6.45) is 10.5. The molecule has 32 heavy (non-hydrogen) atoms. The lowest BCUT2D eigenvalue weighted by atomic mass is 10.1. The summed E-state index contributed by atoms with van der Waals surface area (Å²) in [5.41, 5.74) is 0.181. The van der Waals surface area contributed by atoms with Crippen LogP contribution in [0.4, 0.5) is 10.6 Å². The summed E-state index contributed by atoms with van der Waals surface area (Å²) in [6.45, 7) is 10.7. The van der Waals surface area contributed by atoms with E-state index in [1.54, 1.807) is 24.1 Å². The van der Waals surface area contributed by atoms with Crippen LogP contribution in [-0.4, -0.2) is 59.8 Å². The number of amides is 1. The Morgan fingerprint density at radius 1 is 1.22 bits per heavy atom. The summed E-state index contributed by atoms with van der Waals surface area (Å²) >= 11 is 0. The highest BCUT2D eigenvalue weighted by Gasteiger charge is 2.36. The van der Waals surface area contributed by atoms with Crippen molar-refractivity contribution in [1.82, 2.24) is 9.88 Å². The molecule has 1 aromatic rings. The molecule has 7 heteroatoms. The van der Waals surface area contributed by atoms with Crippen molar-refractivity contribution in [1.29, 1.82) is 0 Å². The predicted molar refractivity (Wildman–Crippen MR) is 125 cm³/mol. The van der Waals surface area contributed by atoms with Crippen LogP contribution in [0.5, 0.6) is 0 Å². The van der Waals surface area contributed by atoms with E-state index in [1.807, 2.05) is 32.9 Å². The summed E-state index contributed by atoms with van der Waals surface area (Å²) in [7, 11) is 0. The minimum absolute atomic E-state index is 0.0275. The van der Waals surface area contributed by atoms with Crippen molar-refractivity contribution >= 4 is 24.0 Å². The van der Waals surface area contributed by atoms with E-state index in [9.17, 15) is 9.59 Å². The number of ether oxygens (including phenoxy) is 2. The Bertz CT molecular complexity index is 794. The van der Waals surface area contributed by atoms with E-state index >= 15 is 0 Å². The number of esters is 1. The number of hydrogen-bond donors (Lipinski definition) is 0. The third-order valence-corrected chi connectivity index (χ3v) is 5.91. The maximum absolute atomic E-state index is 13.1. The van der Waals surface area contributed by atoms with Crippen molar-refractivity contribution in [3.8, 4) is 0 Å². The minimum Gasteiger partial charge on any atom is -0.463 e. The van der Waals surface area contributed by atoms with Gasteiger partial charge in [-0.25, -0.2) is 14.6 Å². The second kappa shape index (κ2) is 10.9. The number of aromatic nitrogens is 1. The van der Waals surface area contributed by atoms with E-state index < -0.39 is 5.60 Å². The number of nitrogens with zero attached hydrogens (tertiary/aromatic N) is 3. The Morgan fingerprint density at radius 2 is 1.97 bits per heavy atom. The summed E-state index contributed by atoms with van der Waals surface area (Å²) < 4.78 is 10.6. The molecule has 1 atom stereocenters. The van der Waals surface area contributed by atoms with Crippen molar-refractivity contribution in [3.63, 3.8) is 0 Å². The lowest BCUT2D eigenvalue weighted by Crippen LogP contribution is -2.45. The number of carbonyl (C=O) groups is 2. The Kier molecular flexibility index (Phi) is 8.29. The highest BCUT2D eigenvalue weighted by Crippen LogP contribution is 2.29. The normalized spacial score (nSPS) is 20.1. The highest BCUT2D eigenvalue weighted by atomic mass is 16.6. The Hall–Kier alpha value is -2.41. The summed E-state index contributed by atoms with van der Waals surface area (Å²) in [5, 5.41) is 0. The molecule has 2 aliphatic rings. The quantitative estimate of drug-likeness (QED) is 0.451. The molecule has 0 unspecified atom stereocenters. The first-order chi connectivity index (χ1) is 15.2. The van der Waals surface area contributed by atoms with Gasteiger partial charge < -0.3 is 14.4 Å². The maximum Gasteiger partial charge on any atom is 0.416 e. The van der Waals surface area contributed by atoms with Crippen molar-refractivity contribution in [2.45, 2.75) is 71.4 Å². The molecule has 1 aliphatic carbocycles. The van der Waals surface area contributed by atoms with Gasteiger partial charge in [0.05, 0.1) is 12.6 Å². The first-order valence-corrected chi connectivity index (χ1v) is 11.8. The molecule has 1 saturated carbocycles. The van der Waals surface area contributed by atoms with Crippen LogP contribution in [0.25, 0.3) is 6.08 Å². The van der Waals surface area contributed by atoms with Gasteiger partial charge in [0.25, 0.3) is 0 Å². The monoisotopic (exact) mass is 443 g/mol. The van der Waals surface area contributed by atoms with Crippen LogP contribution in [-0.2, 0) is 14.3 Å². The van der Waals surface area contributed by atoms with Gasteiger partial charge >= 0.3 is 12.1 Å². The molecule has 0 spiro atoms. The second-order valence-electron chi connectivity index (χ2n) is 9.74. The fourth-order valence-corrected chi connectivity index (χ4v) is 4.48. The molecule has 0 N–H and O–H groups in total. The van der Waals surface area contributed by atoms with Crippen molar-refractivity contribution in [2.75, 3.05) is 31.1 Å². The summed E-state index contributed by atoms with van der Waals surface area (Å²) in [5.74, 6) is 0.966. The van der Waals surface area contributed by atoms with Gasteiger partial charge in [-0.3, -0.25) is 4.90 Å². The average molecular weight is 444 g/mol. The van der Waals surface area contributed by atoms with Crippen LogP contribution < -0.4 is 4.90 Å². The fraction of sp³-hybridized carbons (Fsp3) is 0.640. The molecule has 2 heterocycles. The fourth-order valence-electron chi connectivity index (χ4n) is 4.48. The third-order valence-electron chi connectivity index (χ3n) is 5.91. The first kappa shape index (κ1) is 24.2. The summed E-state index contributed by atoms with van der Waals surface area (Å²) in [4.78, 5) is 33.4. The van der Waals surface area contributed by atoms with E-state index in [-0.39, 0.29) is 18.1 Å². The van der Waals surface area contributed by atoms with Gasteiger partial charge in [0.15, 0.2) is 0 Å². The first-order valence-electron chi connectivity index (χ1n) is 11.8. The lowest BCUT2D eigenvalue weighted by molar-refractivity contribution is -0.137. The van der Waals surface area contributed by atoms with Gasteiger partial charge in [0.2, 0.25) is 0 Å². The minimum atomic E-state index is -0.584. The molecule has 0 bridgehead atoms. The number of carbonyl (C=O) groups excluding carboxylic acids is 2. The van der Waals surface area contributed by atoms with Crippen LogP contribution >= 0.6 is 0 Å². The van der Waals surface area contributed by atoms with E-state index in [0.717, 1.165) is 37.5 Å². The predicted octanol–water partition coefficient (Wildman–Crippen LogP) is 4.66. The number of anilines is 1. The van der Waals surface area contributed by atoms with Crippen molar-refractivity contribution in [3.05, 3.63) is 30.0 Å². The molecule has 3 rings (SSSR count). The molecule has 0 aromatic carbocycles. The molecular weight excluding hydrogens is 406 g/mol. The topological polar surface area (TPSA) is 72.0 Å². The lowest BCUT2D eigenvalue weighted by Gasteiger charge is -2.31. The number of likely N-dealkylation sites (tertiary alicyclic amines) is 1. The van der Waals surface area contributed by atoms with Crippen molar-refractivity contribution < 1.29 is 19.1 Å². The van der Waals surface area contributed by atoms with E-state index in [1.165, 1.54) is 31.8 Å². The molecule has 176 valence electrons. The van der Waals surface area contributed by atoms with Gasteiger partial charge in [0, 0.05) is 31.9 Å². The van der Waals surface area contributed by atoms with Gasteiger partial charge in [-0.05, 0) is 76.6 Å². The van der Waals surface area contributed by atoms with Gasteiger partial charge in [-0.2, -0.15) is 0 Å². The molecule has 2 fully saturated rings. The van der Waals surface area contributed by atoms with Crippen LogP contribution in [0.2, 0.25) is 0 Å². The van der Waals surface area contributed by atoms with Gasteiger partial charge in [0.1, 0.15) is 11.4 Å². The molecular formula is C25H37N3O4. The van der Waals surface area contributed by atoms with Crippen LogP contribution in [0.3, 0.4) is 0 Å². The van der Waals surface area contributed by atoms with E-state index in [2.05, 4.69) is 9.88 Å². The Morgan fingerprint density at radius 3 is 2.59 bits per heavy atom. The van der Waals surface area contributed by atoms with Crippen LogP contribution in [0.15, 0.2) is 24.4 Å². The second-order valence-corrected chi connectivity index (χ2v) is 9.74. The number of pyridine rings is 1. The average Bonchev–Trinajstić information content (AvgIpc) is 3.39. The number of hydrogen-bond acceptors (Lipinski definition) is 6. The molecule has 7 nitrogen and oxygen atoms in total. The van der Waals surface area contributed by atoms with Crippen molar-refractivity contribution in [2.24, 2.45) is 5.92 Å². The Balaban J connectivity index is 1.72. The van der Waals surface area contributed by atoms with Gasteiger partial charge in [-0.15, -0.1) is 0 Å². The van der Waals surface area contributed by atoms with Gasteiger partial charge in [-0.1, -0.05) is 12.8 Å². The summed E-state index contributed by atoms with van der Waals surface area (Å²) in [6, 6.07) is 3.69. The van der Waals surface area contributed by atoms with E-state index in [0.29, 0.717) is 12.4 Å². The molecule has 1 saturated heterocycles. The molecule has 1 aromatic heterocycles. The maximum atomic E-state index is 13.1. The molecule has 1 aliphatic heterocycles. The zero-order valence-electron chi connectivity index (χ0n) is 19.9. The number of rotatable bonds is 7. The third kappa shape index (κ3) is 7.05. The van der Waals surface area contributed by atoms with E-state index in [4.69, 9.17) is 9.47 Å². The smallest absolute Gasteiger partial charge is 0.416 e. The zero-order valence-corrected chi connectivity index (χ0v) is 19.9. The zero-order chi connectivity index (χ0) is 23.1. The SMILES string of the molecule is CCOC(=O)C=Cc1ccc(N(C(=O)OC(C)(C)C)[C@@H]2CCN(CC3CCCC3)C2)nc1. The highest BCUT2D eigenvalue weighted by molar-refractivity contribution is 5.88. The standard InChI is InChI=1S/C25H37N3O4/c1-5-31-23(29)13-11-19-10-12-22(26-16-19)28(24(30)32-25(2,3)4)21-14-15-27(18-21)17-20-8-6-7-9-20/h10-13,16,20-21H,5-9,14-15,17-18H2,1-4H3/t21-/m1/s1. The Labute approximate surface area is 191 Å². The van der Waals surface area contributed by atoms with Crippen LogP contribution in [0.1, 0.15) is 65.4 Å². The van der Waals surface area contributed by atoms with Crippen LogP contribution in [0, 0.1) is 5.92 Å². The molecule has 1 amide bonds.